The van der Waals surface area contributed by atoms with E-state index in [0.717, 1.165) is 0 Å². The monoisotopic (exact) mass is 252 g/mol. The number of hydrogen-bond acceptors (Lipinski definition) is 7. The van der Waals surface area contributed by atoms with E-state index in [2.05, 4.69) is 15.1 Å². The molecule has 0 saturated carbocycles. The topological polar surface area (TPSA) is 114 Å². The van der Waals surface area contributed by atoms with Crippen molar-refractivity contribution in [2.45, 2.75) is 24.5 Å². The second-order valence-corrected chi connectivity index (χ2v) is 4.08. The summed E-state index contributed by atoms with van der Waals surface area (Å²) in [6, 6.07) is 0. The summed E-state index contributed by atoms with van der Waals surface area (Å²) in [5.74, 6) is 0. The highest BCUT2D eigenvalue weighted by Gasteiger charge is 2.44. The molecule has 4 unspecified atom stereocenters. The molecule has 0 aromatic carbocycles. The van der Waals surface area contributed by atoms with Gasteiger partial charge in [0.15, 0.2) is 11.9 Å². The summed E-state index contributed by atoms with van der Waals surface area (Å²) in [6.45, 7) is -0.375. The first-order chi connectivity index (χ1) is 8.72. The summed E-state index contributed by atoms with van der Waals surface area (Å²) < 4.78 is 6.72. The summed E-state index contributed by atoms with van der Waals surface area (Å²) in [5, 5.41) is 32.7. The number of fused-ring (bicyclic) bond motifs is 1. The maximum Gasteiger partial charge on any atom is 0.181 e. The van der Waals surface area contributed by atoms with Crippen molar-refractivity contribution in [2.75, 3.05) is 6.61 Å². The molecule has 96 valence electrons. The lowest BCUT2D eigenvalue weighted by Gasteiger charge is -2.15. The largest absolute Gasteiger partial charge is 0.394 e. The van der Waals surface area contributed by atoms with Crippen LogP contribution in [0.2, 0.25) is 0 Å². The average Bonchev–Trinajstić information content (AvgIpc) is 2.93. The van der Waals surface area contributed by atoms with Gasteiger partial charge in [-0.2, -0.15) is 5.10 Å². The molecule has 1 saturated heterocycles. The van der Waals surface area contributed by atoms with E-state index in [-0.39, 0.29) is 6.61 Å². The minimum atomic E-state index is -1.17. The summed E-state index contributed by atoms with van der Waals surface area (Å²) in [7, 11) is 0. The van der Waals surface area contributed by atoms with Gasteiger partial charge in [-0.25, -0.2) is 14.6 Å². The summed E-state index contributed by atoms with van der Waals surface area (Å²) in [5.41, 5.74) is 1.02. The molecule has 0 amide bonds. The van der Waals surface area contributed by atoms with Crippen molar-refractivity contribution in [3.05, 3.63) is 18.6 Å². The Balaban J connectivity index is 2.00. The van der Waals surface area contributed by atoms with Gasteiger partial charge in [0.2, 0.25) is 0 Å². The van der Waals surface area contributed by atoms with Crippen LogP contribution in [0.4, 0.5) is 0 Å². The van der Waals surface area contributed by atoms with Crippen LogP contribution in [-0.2, 0) is 4.74 Å². The molecular formula is C10H12N4O4. The molecule has 2 aromatic heterocycles. The molecule has 0 bridgehead atoms. The van der Waals surface area contributed by atoms with E-state index in [9.17, 15) is 10.2 Å². The lowest BCUT2D eigenvalue weighted by Crippen LogP contribution is -2.33. The second-order valence-electron chi connectivity index (χ2n) is 4.08. The van der Waals surface area contributed by atoms with E-state index in [0.29, 0.717) is 11.2 Å². The normalized spacial score (nSPS) is 32.2. The Bertz CT molecular complexity index is 560. The van der Waals surface area contributed by atoms with Crippen LogP contribution in [0.1, 0.15) is 6.23 Å². The Morgan fingerprint density at radius 2 is 2.00 bits per heavy atom. The van der Waals surface area contributed by atoms with Gasteiger partial charge in [-0.1, -0.05) is 0 Å². The summed E-state index contributed by atoms with van der Waals surface area (Å²) >= 11 is 0. The average molecular weight is 252 g/mol. The fraction of sp³-hybridized carbons (Fsp3) is 0.500. The second kappa shape index (κ2) is 4.25. The number of nitrogens with zero attached hydrogens (tertiary/aromatic N) is 4. The molecule has 0 radical (unpaired) electrons. The SMILES string of the molecule is OCC1OC(n2ncc3nccnc32)C(O)C1O. The molecule has 0 spiro atoms. The highest BCUT2D eigenvalue weighted by molar-refractivity contribution is 5.68. The van der Waals surface area contributed by atoms with Gasteiger partial charge in [0.05, 0.1) is 12.8 Å². The van der Waals surface area contributed by atoms with E-state index >= 15 is 0 Å². The van der Waals surface area contributed by atoms with Crippen molar-refractivity contribution in [2.24, 2.45) is 0 Å². The molecular weight excluding hydrogens is 240 g/mol. The quantitative estimate of drug-likeness (QED) is 0.592. The maximum atomic E-state index is 9.90. The highest BCUT2D eigenvalue weighted by Crippen LogP contribution is 2.30. The lowest BCUT2D eigenvalue weighted by molar-refractivity contribution is -0.0566. The number of aliphatic hydroxyl groups is 3. The van der Waals surface area contributed by atoms with Crippen LogP contribution in [0.25, 0.3) is 11.2 Å². The standard InChI is InChI=1S/C10H12N4O4/c15-4-6-7(16)8(17)10(18-6)14-9-5(3-13-14)11-1-2-12-9/h1-3,6-8,10,15-17H,4H2. The van der Waals surface area contributed by atoms with Crippen LogP contribution in [0, 0.1) is 0 Å². The Morgan fingerprint density at radius 3 is 2.72 bits per heavy atom. The van der Waals surface area contributed by atoms with Crippen LogP contribution in [0.5, 0.6) is 0 Å². The molecule has 3 heterocycles. The van der Waals surface area contributed by atoms with Gasteiger partial charge in [0.25, 0.3) is 0 Å². The first kappa shape index (κ1) is 11.5. The zero-order valence-corrected chi connectivity index (χ0v) is 9.29. The third kappa shape index (κ3) is 1.58. The molecule has 1 aliphatic rings. The Kier molecular flexibility index (Phi) is 2.71. The third-order valence-electron chi connectivity index (χ3n) is 2.99. The van der Waals surface area contributed by atoms with E-state index < -0.39 is 24.5 Å². The van der Waals surface area contributed by atoms with Crippen molar-refractivity contribution in [1.29, 1.82) is 0 Å². The number of hydrogen-bond donors (Lipinski definition) is 3. The fourth-order valence-electron chi connectivity index (χ4n) is 2.05. The molecule has 1 fully saturated rings. The van der Waals surface area contributed by atoms with Gasteiger partial charge in [0.1, 0.15) is 23.8 Å². The van der Waals surface area contributed by atoms with Crippen molar-refractivity contribution in [3.8, 4) is 0 Å². The molecule has 3 rings (SSSR count). The minimum absolute atomic E-state index is 0.375. The lowest BCUT2D eigenvalue weighted by atomic mass is 10.1. The van der Waals surface area contributed by atoms with Gasteiger partial charge < -0.3 is 20.1 Å². The molecule has 2 aromatic rings. The van der Waals surface area contributed by atoms with Crippen LogP contribution >= 0.6 is 0 Å². The fourth-order valence-corrected chi connectivity index (χ4v) is 2.05. The summed E-state index contributed by atoms with van der Waals surface area (Å²) in [6.07, 6.45) is 0.486. The van der Waals surface area contributed by atoms with Crippen LogP contribution < -0.4 is 0 Å². The number of aromatic nitrogens is 4. The Hall–Kier alpha value is -1.61. The van der Waals surface area contributed by atoms with Crippen LogP contribution in [-0.4, -0.2) is 60.0 Å². The smallest absolute Gasteiger partial charge is 0.181 e. The predicted octanol–water partition coefficient (Wildman–Crippen LogP) is -1.56. The minimum Gasteiger partial charge on any atom is -0.394 e. The number of rotatable bonds is 2. The number of ether oxygens (including phenoxy) is 1. The molecule has 1 aliphatic heterocycles. The molecule has 3 N–H and O–H groups in total. The van der Waals surface area contributed by atoms with Gasteiger partial charge in [-0.3, -0.25) is 0 Å². The van der Waals surface area contributed by atoms with Crippen molar-refractivity contribution < 1.29 is 20.1 Å². The molecule has 8 nitrogen and oxygen atoms in total. The predicted molar refractivity (Wildman–Crippen MR) is 58.3 cm³/mol. The first-order valence-electron chi connectivity index (χ1n) is 5.49. The number of aliphatic hydroxyl groups excluding tert-OH is 3. The van der Waals surface area contributed by atoms with E-state index in [1.54, 1.807) is 0 Å². The van der Waals surface area contributed by atoms with Gasteiger partial charge in [-0.05, 0) is 0 Å². The zero-order valence-electron chi connectivity index (χ0n) is 9.29. The highest BCUT2D eigenvalue weighted by atomic mass is 16.6. The van der Waals surface area contributed by atoms with Crippen molar-refractivity contribution >= 4 is 11.2 Å². The molecule has 8 heteroatoms. The van der Waals surface area contributed by atoms with Gasteiger partial charge >= 0.3 is 0 Å². The van der Waals surface area contributed by atoms with Crippen molar-refractivity contribution in [3.63, 3.8) is 0 Å². The van der Waals surface area contributed by atoms with Crippen LogP contribution in [0.15, 0.2) is 18.6 Å². The van der Waals surface area contributed by atoms with E-state index in [1.807, 2.05) is 0 Å². The van der Waals surface area contributed by atoms with Crippen LogP contribution in [0.3, 0.4) is 0 Å². The van der Waals surface area contributed by atoms with E-state index in [4.69, 9.17) is 9.84 Å². The summed E-state index contributed by atoms with van der Waals surface area (Å²) in [4.78, 5) is 8.16. The molecule has 18 heavy (non-hydrogen) atoms. The van der Waals surface area contributed by atoms with Crippen molar-refractivity contribution in [1.82, 2.24) is 19.7 Å². The maximum absolute atomic E-state index is 9.90. The Labute approximate surface area is 101 Å². The molecule has 4 atom stereocenters. The first-order valence-corrected chi connectivity index (χ1v) is 5.49. The van der Waals surface area contributed by atoms with E-state index in [1.165, 1.54) is 23.3 Å². The van der Waals surface area contributed by atoms with Gasteiger partial charge in [0, 0.05) is 12.4 Å². The third-order valence-corrected chi connectivity index (χ3v) is 2.99. The van der Waals surface area contributed by atoms with Gasteiger partial charge in [-0.15, -0.1) is 0 Å². The Morgan fingerprint density at radius 1 is 1.22 bits per heavy atom. The molecule has 0 aliphatic carbocycles. The zero-order chi connectivity index (χ0) is 12.7.